The van der Waals surface area contributed by atoms with E-state index < -0.39 is 0 Å². The Balaban J connectivity index is 1.52. The first-order valence-electron chi connectivity index (χ1n) is 9.88. The molecular formula is C20H38O2. The van der Waals surface area contributed by atoms with E-state index in [0.29, 0.717) is 0 Å². The van der Waals surface area contributed by atoms with Crippen LogP contribution in [-0.4, -0.2) is 26.9 Å². The van der Waals surface area contributed by atoms with Crippen molar-refractivity contribution in [3.8, 4) is 0 Å². The van der Waals surface area contributed by atoms with Crippen molar-refractivity contribution in [1.29, 1.82) is 0 Å². The molecule has 0 saturated heterocycles. The average molecular weight is 311 g/mol. The molecule has 2 rings (SSSR count). The number of ether oxygens (including phenoxy) is 2. The van der Waals surface area contributed by atoms with Gasteiger partial charge in [-0.1, -0.05) is 45.4 Å². The average Bonchev–Trinajstić information content (AvgIpc) is 2.56. The van der Waals surface area contributed by atoms with Crippen LogP contribution in [0.5, 0.6) is 0 Å². The minimum atomic E-state index is 0.847. The van der Waals surface area contributed by atoms with Gasteiger partial charge in [0.05, 0.1) is 0 Å². The van der Waals surface area contributed by atoms with Gasteiger partial charge in [-0.15, -0.1) is 0 Å². The lowest BCUT2D eigenvalue weighted by Gasteiger charge is -2.31. The predicted octanol–water partition coefficient (Wildman–Crippen LogP) is 5.45. The number of methoxy groups -OCH3 is 1. The lowest BCUT2D eigenvalue weighted by molar-refractivity contribution is 0.0757. The van der Waals surface area contributed by atoms with Crippen LogP contribution in [0.25, 0.3) is 0 Å². The number of hydrogen-bond donors (Lipinski definition) is 0. The van der Waals surface area contributed by atoms with Crippen molar-refractivity contribution >= 4 is 0 Å². The summed E-state index contributed by atoms with van der Waals surface area (Å²) in [5.74, 6) is 3.73. The summed E-state index contributed by atoms with van der Waals surface area (Å²) < 4.78 is 11.0. The topological polar surface area (TPSA) is 18.5 Å². The molecule has 0 N–H and O–H groups in total. The van der Waals surface area contributed by atoms with E-state index in [4.69, 9.17) is 9.47 Å². The zero-order valence-corrected chi connectivity index (χ0v) is 15.0. The first-order chi connectivity index (χ1) is 10.8. The third-order valence-corrected chi connectivity index (χ3v) is 6.02. The molecule has 22 heavy (non-hydrogen) atoms. The van der Waals surface area contributed by atoms with Crippen molar-refractivity contribution in [2.75, 3.05) is 26.9 Å². The molecule has 0 spiro atoms. The van der Waals surface area contributed by atoms with Gasteiger partial charge in [-0.25, -0.2) is 0 Å². The van der Waals surface area contributed by atoms with Crippen LogP contribution in [0.3, 0.4) is 0 Å². The molecule has 2 heteroatoms. The lowest BCUT2D eigenvalue weighted by Crippen LogP contribution is -2.21. The van der Waals surface area contributed by atoms with Gasteiger partial charge in [-0.2, -0.15) is 0 Å². The summed E-state index contributed by atoms with van der Waals surface area (Å²) in [4.78, 5) is 0. The Bertz CT molecular complexity index is 263. The summed E-state index contributed by atoms with van der Waals surface area (Å²) >= 11 is 0. The van der Waals surface area contributed by atoms with E-state index in [9.17, 15) is 0 Å². The fourth-order valence-electron chi connectivity index (χ4n) is 4.48. The smallest absolute Gasteiger partial charge is 0.0494 e. The Morgan fingerprint density at radius 1 is 0.682 bits per heavy atom. The monoisotopic (exact) mass is 310 g/mol. The van der Waals surface area contributed by atoms with Crippen LogP contribution in [0.4, 0.5) is 0 Å². The van der Waals surface area contributed by atoms with Crippen LogP contribution < -0.4 is 0 Å². The highest BCUT2D eigenvalue weighted by Crippen LogP contribution is 2.36. The van der Waals surface area contributed by atoms with Gasteiger partial charge in [-0.3, -0.25) is 0 Å². The molecule has 130 valence electrons. The molecular weight excluding hydrogens is 272 g/mol. The molecule has 2 fully saturated rings. The molecule has 0 aromatic carbocycles. The van der Waals surface area contributed by atoms with E-state index in [1.165, 1.54) is 64.2 Å². The maximum Gasteiger partial charge on any atom is 0.0494 e. The first-order valence-corrected chi connectivity index (χ1v) is 9.88. The maximum atomic E-state index is 5.73. The van der Waals surface area contributed by atoms with Crippen LogP contribution in [0, 0.1) is 23.7 Å². The highest BCUT2D eigenvalue weighted by atomic mass is 16.5. The molecule has 0 aliphatic heterocycles. The third kappa shape index (κ3) is 6.58. The first kappa shape index (κ1) is 18.3. The fourth-order valence-corrected chi connectivity index (χ4v) is 4.48. The van der Waals surface area contributed by atoms with E-state index in [-0.39, 0.29) is 0 Å². The molecule has 0 radical (unpaired) electrons. The Labute approximate surface area is 138 Å². The molecule has 2 nitrogen and oxygen atoms in total. The van der Waals surface area contributed by atoms with Gasteiger partial charge < -0.3 is 9.47 Å². The van der Waals surface area contributed by atoms with E-state index in [2.05, 4.69) is 6.92 Å². The molecule has 2 saturated carbocycles. The summed E-state index contributed by atoms with van der Waals surface area (Å²) in [7, 11) is 1.84. The molecule has 0 aromatic rings. The quantitative estimate of drug-likeness (QED) is 0.527. The Morgan fingerprint density at radius 2 is 1.14 bits per heavy atom. The molecule has 0 heterocycles. The number of rotatable bonds is 9. The minimum absolute atomic E-state index is 0.847. The fraction of sp³-hybridized carbons (Fsp3) is 1.00. The highest BCUT2D eigenvalue weighted by Gasteiger charge is 2.24. The summed E-state index contributed by atoms with van der Waals surface area (Å²) in [6, 6.07) is 0. The molecule has 2 aliphatic carbocycles. The second-order valence-corrected chi connectivity index (χ2v) is 7.88. The van der Waals surface area contributed by atoms with Crippen molar-refractivity contribution in [3.63, 3.8) is 0 Å². The summed E-state index contributed by atoms with van der Waals surface area (Å²) in [6.07, 6.45) is 15.6. The lowest BCUT2D eigenvalue weighted by atomic mass is 9.76. The van der Waals surface area contributed by atoms with Crippen molar-refractivity contribution < 1.29 is 9.47 Å². The summed E-state index contributed by atoms with van der Waals surface area (Å²) in [5.41, 5.74) is 0. The van der Waals surface area contributed by atoms with Crippen LogP contribution in [0.1, 0.15) is 77.6 Å². The van der Waals surface area contributed by atoms with Crippen LogP contribution in [0.2, 0.25) is 0 Å². The number of hydrogen-bond acceptors (Lipinski definition) is 2. The van der Waals surface area contributed by atoms with Crippen LogP contribution in [-0.2, 0) is 9.47 Å². The Morgan fingerprint density at radius 3 is 1.59 bits per heavy atom. The zero-order valence-electron chi connectivity index (χ0n) is 15.0. The van der Waals surface area contributed by atoms with Gasteiger partial charge >= 0.3 is 0 Å². The normalized spacial score (nSPS) is 33.0. The third-order valence-electron chi connectivity index (χ3n) is 6.02. The summed E-state index contributed by atoms with van der Waals surface area (Å²) in [6.45, 7) is 5.15. The maximum absolute atomic E-state index is 5.73. The zero-order chi connectivity index (χ0) is 15.6. The van der Waals surface area contributed by atoms with Gasteiger partial charge in [0.2, 0.25) is 0 Å². The van der Waals surface area contributed by atoms with Gasteiger partial charge in [-0.05, 0) is 55.8 Å². The van der Waals surface area contributed by atoms with Gasteiger partial charge in [0, 0.05) is 26.9 Å². The minimum Gasteiger partial charge on any atom is -0.384 e. The Kier molecular flexibility index (Phi) is 8.84. The van der Waals surface area contributed by atoms with Gasteiger partial charge in [0.1, 0.15) is 0 Å². The second-order valence-electron chi connectivity index (χ2n) is 7.88. The highest BCUT2D eigenvalue weighted by molar-refractivity contribution is 4.76. The SMILES string of the molecule is CCCOC[C@H]1CC[C@H](CC[C@H]2CC[C@H](COC)CC2)CC1. The van der Waals surface area contributed by atoms with Crippen LogP contribution >= 0.6 is 0 Å². The van der Waals surface area contributed by atoms with Crippen molar-refractivity contribution in [2.45, 2.75) is 77.6 Å². The van der Waals surface area contributed by atoms with E-state index >= 15 is 0 Å². The van der Waals surface area contributed by atoms with Crippen LogP contribution in [0.15, 0.2) is 0 Å². The molecule has 0 atom stereocenters. The van der Waals surface area contributed by atoms with E-state index in [1.54, 1.807) is 0 Å². The largest absolute Gasteiger partial charge is 0.384 e. The van der Waals surface area contributed by atoms with E-state index in [0.717, 1.165) is 49.9 Å². The van der Waals surface area contributed by atoms with Crippen molar-refractivity contribution in [2.24, 2.45) is 23.7 Å². The molecule has 0 unspecified atom stereocenters. The molecule has 0 aromatic heterocycles. The molecule has 0 bridgehead atoms. The summed E-state index contributed by atoms with van der Waals surface area (Å²) in [5, 5.41) is 0. The molecule has 2 aliphatic rings. The second kappa shape index (κ2) is 10.6. The molecule has 0 amide bonds. The predicted molar refractivity (Wildman–Crippen MR) is 93.1 cm³/mol. The van der Waals surface area contributed by atoms with Gasteiger partial charge in [0.15, 0.2) is 0 Å². The standard InChI is InChI=1S/C20H38O2/c1-3-14-22-16-20-12-8-18(9-13-20)5-4-17-6-10-19(11-7-17)15-21-2/h17-20H,3-16H2,1-2H3/t17-,18-,19-,20-. The van der Waals surface area contributed by atoms with Gasteiger partial charge in [0.25, 0.3) is 0 Å². The van der Waals surface area contributed by atoms with Crippen molar-refractivity contribution in [1.82, 2.24) is 0 Å². The van der Waals surface area contributed by atoms with E-state index in [1.807, 2.05) is 7.11 Å². The van der Waals surface area contributed by atoms with Crippen molar-refractivity contribution in [3.05, 3.63) is 0 Å². The Hall–Kier alpha value is -0.0800.